The Labute approximate surface area is 154 Å². The summed E-state index contributed by atoms with van der Waals surface area (Å²) in [6.45, 7) is 2.10. The van der Waals surface area contributed by atoms with Gasteiger partial charge in [-0.2, -0.15) is 0 Å². The number of nitrogens with two attached hydrogens (primary N) is 1. The van der Waals surface area contributed by atoms with Crippen molar-refractivity contribution in [3.8, 4) is 22.9 Å². The zero-order valence-electron chi connectivity index (χ0n) is 14.0. The molecule has 3 heterocycles. The first kappa shape index (κ1) is 15.4. The lowest BCUT2D eigenvalue weighted by Crippen LogP contribution is -2.80. The number of thiazole rings is 1. The summed E-state index contributed by atoms with van der Waals surface area (Å²) in [4.78, 5) is 2.20. The molecule has 0 bridgehead atoms. The van der Waals surface area contributed by atoms with Gasteiger partial charge in [0.05, 0.1) is 4.88 Å². The fraction of sp³-hybridized carbons (Fsp3) is 0.158. The highest BCUT2D eigenvalue weighted by molar-refractivity contribution is 7.17. The lowest BCUT2D eigenvalue weighted by atomic mass is 10.2. The highest BCUT2D eigenvalue weighted by atomic mass is 32.1. The van der Waals surface area contributed by atoms with Crippen molar-refractivity contribution in [1.82, 2.24) is 14.6 Å². The lowest BCUT2D eigenvalue weighted by Gasteiger charge is -2.02. The van der Waals surface area contributed by atoms with Gasteiger partial charge in [-0.1, -0.05) is 41.7 Å². The maximum atomic E-state index is 5.44. The normalized spacial score (nSPS) is 12.8. The molecule has 4 aromatic rings. The van der Waals surface area contributed by atoms with E-state index < -0.39 is 0 Å². The smallest absolute Gasteiger partial charge is 0.231 e. The van der Waals surface area contributed by atoms with Crippen molar-refractivity contribution in [2.45, 2.75) is 13.1 Å². The van der Waals surface area contributed by atoms with Crippen LogP contribution in [0.2, 0.25) is 0 Å². The second-order valence-electron chi connectivity index (χ2n) is 6.12. The first-order chi connectivity index (χ1) is 12.9. The van der Waals surface area contributed by atoms with Crippen molar-refractivity contribution in [2.75, 3.05) is 6.79 Å². The second-order valence-corrected chi connectivity index (χ2v) is 7.22. The van der Waals surface area contributed by atoms with Crippen LogP contribution in [-0.4, -0.2) is 21.4 Å². The zero-order valence-corrected chi connectivity index (χ0v) is 14.8. The predicted octanol–water partition coefficient (Wildman–Crippen LogP) is 2.45. The number of aromatic nitrogens is 3. The van der Waals surface area contributed by atoms with E-state index in [1.165, 1.54) is 10.4 Å². The van der Waals surface area contributed by atoms with Gasteiger partial charge < -0.3 is 14.8 Å². The molecular weight excluding hydrogens is 348 g/mol. The number of quaternary nitrogens is 1. The molecule has 6 nitrogen and oxygen atoms in total. The predicted molar refractivity (Wildman–Crippen MR) is 98.2 cm³/mol. The molecule has 0 atom stereocenters. The molecule has 0 radical (unpaired) electrons. The molecular formula is C19H17N4O2S+. The monoisotopic (exact) mass is 365 g/mol. The minimum absolute atomic E-state index is 0.315. The fourth-order valence-corrected chi connectivity index (χ4v) is 3.99. The molecule has 1 aliphatic heterocycles. The van der Waals surface area contributed by atoms with Crippen LogP contribution in [0.15, 0.2) is 54.7 Å². The fourth-order valence-electron chi connectivity index (χ4n) is 3.08. The van der Waals surface area contributed by atoms with Crippen molar-refractivity contribution in [3.63, 3.8) is 0 Å². The second kappa shape index (κ2) is 6.44. The van der Waals surface area contributed by atoms with Crippen LogP contribution in [0.4, 0.5) is 0 Å². The van der Waals surface area contributed by atoms with E-state index in [0.717, 1.165) is 40.9 Å². The van der Waals surface area contributed by atoms with Crippen LogP contribution in [0.1, 0.15) is 10.4 Å². The summed E-state index contributed by atoms with van der Waals surface area (Å²) in [6, 6.07) is 16.3. The molecule has 2 aromatic heterocycles. The summed E-state index contributed by atoms with van der Waals surface area (Å²) >= 11 is 1.68. The Balaban J connectivity index is 1.29. The quantitative estimate of drug-likeness (QED) is 0.590. The maximum absolute atomic E-state index is 5.44. The van der Waals surface area contributed by atoms with Crippen LogP contribution in [0.3, 0.4) is 0 Å². The molecule has 7 heteroatoms. The molecule has 0 amide bonds. The summed E-state index contributed by atoms with van der Waals surface area (Å²) in [7, 11) is 0. The van der Waals surface area contributed by atoms with Gasteiger partial charge in [-0.05, 0) is 18.2 Å². The average molecular weight is 365 g/mol. The summed E-state index contributed by atoms with van der Waals surface area (Å²) < 4.78 is 12.9. The Morgan fingerprint density at radius 1 is 1.00 bits per heavy atom. The van der Waals surface area contributed by atoms with Gasteiger partial charge in [-0.25, -0.2) is 0 Å². The first-order valence-electron chi connectivity index (χ1n) is 8.46. The number of nitrogens with zero attached hydrogens (tertiary/aromatic N) is 3. The number of ether oxygens (including phenoxy) is 2. The van der Waals surface area contributed by atoms with Crippen LogP contribution in [0, 0.1) is 0 Å². The van der Waals surface area contributed by atoms with Crippen molar-refractivity contribution in [2.24, 2.45) is 0 Å². The summed E-state index contributed by atoms with van der Waals surface area (Å²) in [5.74, 6) is 2.55. The van der Waals surface area contributed by atoms with Gasteiger partial charge in [-0.15, -0.1) is 10.2 Å². The number of hydrogen-bond acceptors (Lipinski definition) is 5. The van der Waals surface area contributed by atoms with Crippen molar-refractivity contribution >= 4 is 16.3 Å². The minimum Gasteiger partial charge on any atom is -0.454 e. The topological polar surface area (TPSA) is 65.3 Å². The van der Waals surface area contributed by atoms with Crippen LogP contribution in [-0.2, 0) is 13.1 Å². The first-order valence-corrected chi connectivity index (χ1v) is 9.27. The zero-order chi connectivity index (χ0) is 17.3. The van der Waals surface area contributed by atoms with Crippen LogP contribution in [0.5, 0.6) is 11.5 Å². The molecule has 26 heavy (non-hydrogen) atoms. The largest absolute Gasteiger partial charge is 0.454 e. The Morgan fingerprint density at radius 2 is 1.88 bits per heavy atom. The lowest BCUT2D eigenvalue weighted by molar-refractivity contribution is -0.685. The molecule has 0 spiro atoms. The van der Waals surface area contributed by atoms with Crippen molar-refractivity contribution in [3.05, 3.63) is 65.2 Å². The third-order valence-electron chi connectivity index (χ3n) is 4.35. The number of rotatable bonds is 5. The van der Waals surface area contributed by atoms with E-state index >= 15 is 0 Å². The molecule has 2 aromatic carbocycles. The molecule has 5 rings (SSSR count). The highest BCUT2D eigenvalue weighted by Gasteiger charge is 2.14. The third kappa shape index (κ3) is 2.81. The van der Waals surface area contributed by atoms with Gasteiger partial charge in [0.25, 0.3) is 0 Å². The highest BCUT2D eigenvalue weighted by Crippen LogP contribution is 2.32. The number of fused-ring (bicyclic) bond motifs is 2. The van der Waals surface area contributed by atoms with Crippen molar-refractivity contribution in [1.29, 1.82) is 0 Å². The van der Waals surface area contributed by atoms with Crippen LogP contribution >= 0.6 is 11.3 Å². The van der Waals surface area contributed by atoms with Crippen molar-refractivity contribution < 1.29 is 14.8 Å². The average Bonchev–Trinajstić information content (AvgIpc) is 3.37. The minimum atomic E-state index is 0.315. The molecule has 0 saturated heterocycles. The Bertz CT molecular complexity index is 1060. The standard InChI is InChI=1S/C19H16N4O2S/c1-2-4-14(5-3-1)18-21-22-19-23(18)11-15(26-19)10-20-9-13-6-7-16-17(8-13)25-12-24-16/h1-8,11,20H,9-10,12H2/p+1. The maximum Gasteiger partial charge on any atom is 0.231 e. The summed E-state index contributed by atoms with van der Waals surface area (Å²) in [6.07, 6.45) is 2.14. The van der Waals surface area contributed by atoms with E-state index in [4.69, 9.17) is 9.47 Å². The molecule has 130 valence electrons. The van der Waals surface area contributed by atoms with Crippen LogP contribution < -0.4 is 14.8 Å². The SMILES string of the molecule is c1ccc(-c2nnc3sc(C[NH2+]Cc4ccc5c(c4)OCO5)cn23)cc1. The van der Waals surface area contributed by atoms with E-state index in [0.29, 0.717) is 6.79 Å². The van der Waals surface area contributed by atoms with Gasteiger partial charge in [0.15, 0.2) is 17.3 Å². The van der Waals surface area contributed by atoms with Gasteiger partial charge >= 0.3 is 0 Å². The van der Waals surface area contributed by atoms with E-state index in [9.17, 15) is 0 Å². The number of hydrogen-bond donors (Lipinski definition) is 1. The molecule has 0 fully saturated rings. The Morgan fingerprint density at radius 3 is 2.81 bits per heavy atom. The van der Waals surface area contributed by atoms with E-state index in [1.807, 2.05) is 24.3 Å². The van der Waals surface area contributed by atoms with Crippen LogP contribution in [0.25, 0.3) is 16.3 Å². The summed E-state index contributed by atoms with van der Waals surface area (Å²) in [5.41, 5.74) is 2.30. The molecule has 0 unspecified atom stereocenters. The third-order valence-corrected chi connectivity index (χ3v) is 5.35. The van der Waals surface area contributed by atoms with Gasteiger partial charge in [-0.3, -0.25) is 4.40 Å². The van der Waals surface area contributed by atoms with E-state index in [2.05, 4.69) is 50.4 Å². The molecule has 0 saturated carbocycles. The van der Waals surface area contributed by atoms with Gasteiger partial charge in [0, 0.05) is 17.3 Å². The van der Waals surface area contributed by atoms with Gasteiger partial charge in [0.2, 0.25) is 11.8 Å². The Kier molecular flexibility index (Phi) is 3.80. The number of benzene rings is 2. The van der Waals surface area contributed by atoms with Gasteiger partial charge in [0.1, 0.15) is 13.1 Å². The van der Waals surface area contributed by atoms with E-state index in [1.54, 1.807) is 11.3 Å². The molecule has 1 aliphatic rings. The Hall–Kier alpha value is -2.90. The summed E-state index contributed by atoms with van der Waals surface area (Å²) in [5, 5.41) is 10.9. The van der Waals surface area contributed by atoms with E-state index in [-0.39, 0.29) is 0 Å². The molecule has 0 aliphatic carbocycles. The molecule has 2 N–H and O–H groups in total.